The summed E-state index contributed by atoms with van der Waals surface area (Å²) < 4.78 is 0. The highest BCUT2D eigenvalue weighted by atomic mass is 15.3. The van der Waals surface area contributed by atoms with Gasteiger partial charge in [0.1, 0.15) is 0 Å². The molecule has 2 rings (SSSR count). The van der Waals surface area contributed by atoms with Crippen molar-refractivity contribution >= 4 is 0 Å². The standard InChI is InChI=1S/C17H34N2/c1-13-11-18-16(15-9-7-6-8-10-15)12-19(13)14(2)17(3,4)5/h13-16,18H,6-12H2,1-5H3. The number of piperazine rings is 1. The van der Waals surface area contributed by atoms with E-state index in [0.717, 1.165) is 12.0 Å². The predicted octanol–water partition coefficient (Wildman–Crippen LogP) is 3.66. The molecule has 19 heavy (non-hydrogen) atoms. The van der Waals surface area contributed by atoms with Gasteiger partial charge in [-0.3, -0.25) is 4.90 Å². The molecule has 0 spiro atoms. The zero-order valence-corrected chi connectivity index (χ0v) is 13.7. The first-order valence-electron chi connectivity index (χ1n) is 8.38. The van der Waals surface area contributed by atoms with Crippen molar-refractivity contribution in [1.29, 1.82) is 0 Å². The summed E-state index contributed by atoms with van der Waals surface area (Å²) in [5.74, 6) is 0.927. The Balaban J connectivity index is 1.99. The molecule has 0 bridgehead atoms. The molecule has 1 saturated carbocycles. The van der Waals surface area contributed by atoms with Crippen LogP contribution in [0.25, 0.3) is 0 Å². The Bertz CT molecular complexity index is 275. The lowest BCUT2D eigenvalue weighted by molar-refractivity contribution is 0.0273. The summed E-state index contributed by atoms with van der Waals surface area (Å²) in [7, 11) is 0. The van der Waals surface area contributed by atoms with E-state index in [0.29, 0.717) is 17.5 Å². The van der Waals surface area contributed by atoms with Crippen LogP contribution in [-0.4, -0.2) is 36.1 Å². The minimum Gasteiger partial charge on any atom is -0.311 e. The first-order chi connectivity index (χ1) is 8.89. The Labute approximate surface area is 120 Å². The molecule has 2 heteroatoms. The summed E-state index contributed by atoms with van der Waals surface area (Å²) in [5.41, 5.74) is 0.378. The molecular weight excluding hydrogens is 232 g/mol. The minimum atomic E-state index is 0.378. The normalized spacial score (nSPS) is 33.3. The molecule has 2 aliphatic rings. The van der Waals surface area contributed by atoms with Crippen LogP contribution in [0.15, 0.2) is 0 Å². The fourth-order valence-electron chi connectivity index (χ4n) is 3.80. The van der Waals surface area contributed by atoms with Crippen LogP contribution in [0.4, 0.5) is 0 Å². The van der Waals surface area contributed by atoms with E-state index in [1.807, 2.05) is 0 Å². The van der Waals surface area contributed by atoms with Gasteiger partial charge in [0.25, 0.3) is 0 Å². The second-order valence-electron chi connectivity index (χ2n) is 8.00. The number of rotatable bonds is 2. The summed E-state index contributed by atoms with van der Waals surface area (Å²) in [6, 6.07) is 2.08. The molecule has 112 valence electrons. The smallest absolute Gasteiger partial charge is 0.0224 e. The average molecular weight is 266 g/mol. The monoisotopic (exact) mass is 266 g/mol. The van der Waals surface area contributed by atoms with Crippen LogP contribution in [0.2, 0.25) is 0 Å². The second kappa shape index (κ2) is 6.13. The number of nitrogens with zero attached hydrogens (tertiary/aromatic N) is 1. The minimum absolute atomic E-state index is 0.378. The van der Waals surface area contributed by atoms with Crippen molar-refractivity contribution in [3.63, 3.8) is 0 Å². The van der Waals surface area contributed by atoms with Gasteiger partial charge in [0.05, 0.1) is 0 Å². The fourth-order valence-corrected chi connectivity index (χ4v) is 3.80. The van der Waals surface area contributed by atoms with Crippen molar-refractivity contribution in [2.75, 3.05) is 13.1 Å². The average Bonchev–Trinajstić information content (AvgIpc) is 2.38. The molecule has 1 aliphatic carbocycles. The lowest BCUT2D eigenvalue weighted by Gasteiger charge is -2.48. The fraction of sp³-hybridized carbons (Fsp3) is 1.00. The van der Waals surface area contributed by atoms with Crippen LogP contribution in [0.3, 0.4) is 0 Å². The molecular formula is C17H34N2. The molecule has 0 amide bonds. The van der Waals surface area contributed by atoms with Gasteiger partial charge in [0, 0.05) is 31.2 Å². The van der Waals surface area contributed by atoms with Crippen LogP contribution in [-0.2, 0) is 0 Å². The summed E-state index contributed by atoms with van der Waals surface area (Å²) >= 11 is 0. The van der Waals surface area contributed by atoms with Crippen LogP contribution in [0, 0.1) is 11.3 Å². The third-order valence-corrected chi connectivity index (χ3v) is 5.62. The molecule has 3 atom stereocenters. The Kier molecular flexibility index (Phi) is 4.94. The van der Waals surface area contributed by atoms with Crippen molar-refractivity contribution in [3.05, 3.63) is 0 Å². The Morgan fingerprint density at radius 3 is 2.32 bits per heavy atom. The predicted molar refractivity (Wildman–Crippen MR) is 83.5 cm³/mol. The largest absolute Gasteiger partial charge is 0.311 e. The zero-order valence-electron chi connectivity index (χ0n) is 13.7. The van der Waals surface area contributed by atoms with Crippen molar-refractivity contribution in [2.45, 2.75) is 84.8 Å². The van der Waals surface area contributed by atoms with Gasteiger partial charge in [-0.25, -0.2) is 0 Å². The van der Waals surface area contributed by atoms with Crippen molar-refractivity contribution in [3.8, 4) is 0 Å². The highest BCUT2D eigenvalue weighted by molar-refractivity contribution is 4.93. The Hall–Kier alpha value is -0.0800. The maximum atomic E-state index is 3.83. The van der Waals surface area contributed by atoms with Crippen LogP contribution in [0.5, 0.6) is 0 Å². The third-order valence-electron chi connectivity index (χ3n) is 5.62. The van der Waals surface area contributed by atoms with E-state index >= 15 is 0 Å². The van der Waals surface area contributed by atoms with Gasteiger partial charge in [-0.1, -0.05) is 40.0 Å². The molecule has 0 aromatic carbocycles. The SMILES string of the molecule is CC1CNC(C2CCCCC2)CN1C(C)C(C)(C)C. The van der Waals surface area contributed by atoms with E-state index in [9.17, 15) is 0 Å². The Morgan fingerprint density at radius 1 is 1.11 bits per heavy atom. The van der Waals surface area contributed by atoms with Crippen LogP contribution in [0.1, 0.15) is 66.7 Å². The summed E-state index contributed by atoms with van der Waals surface area (Å²) in [4.78, 5) is 2.76. The van der Waals surface area contributed by atoms with Crippen LogP contribution >= 0.6 is 0 Å². The van der Waals surface area contributed by atoms with Gasteiger partial charge in [-0.2, -0.15) is 0 Å². The topological polar surface area (TPSA) is 15.3 Å². The molecule has 1 heterocycles. The number of hydrogen-bond acceptors (Lipinski definition) is 2. The van der Waals surface area contributed by atoms with E-state index in [4.69, 9.17) is 0 Å². The first-order valence-corrected chi connectivity index (χ1v) is 8.38. The first kappa shape index (κ1) is 15.3. The van der Waals surface area contributed by atoms with Crippen molar-refractivity contribution < 1.29 is 0 Å². The van der Waals surface area contributed by atoms with Gasteiger partial charge >= 0.3 is 0 Å². The summed E-state index contributed by atoms with van der Waals surface area (Å²) in [6.45, 7) is 14.4. The highest BCUT2D eigenvalue weighted by Gasteiger charge is 2.36. The molecule has 0 aromatic rings. The zero-order chi connectivity index (χ0) is 14.0. The second-order valence-corrected chi connectivity index (χ2v) is 8.00. The maximum absolute atomic E-state index is 3.83. The maximum Gasteiger partial charge on any atom is 0.0224 e. The third kappa shape index (κ3) is 3.72. The van der Waals surface area contributed by atoms with Gasteiger partial charge in [0.15, 0.2) is 0 Å². The molecule has 1 N–H and O–H groups in total. The van der Waals surface area contributed by atoms with E-state index in [2.05, 4.69) is 44.8 Å². The van der Waals surface area contributed by atoms with E-state index in [1.54, 1.807) is 0 Å². The molecule has 1 aliphatic heterocycles. The van der Waals surface area contributed by atoms with Crippen LogP contribution < -0.4 is 5.32 Å². The highest BCUT2D eigenvalue weighted by Crippen LogP contribution is 2.31. The lowest BCUT2D eigenvalue weighted by atomic mass is 9.81. The van der Waals surface area contributed by atoms with E-state index in [1.165, 1.54) is 45.2 Å². The van der Waals surface area contributed by atoms with Gasteiger partial charge < -0.3 is 5.32 Å². The molecule has 2 fully saturated rings. The molecule has 0 aromatic heterocycles. The summed E-state index contributed by atoms with van der Waals surface area (Å²) in [5, 5.41) is 3.83. The molecule has 2 nitrogen and oxygen atoms in total. The number of hydrogen-bond donors (Lipinski definition) is 1. The van der Waals surface area contributed by atoms with Crippen molar-refractivity contribution in [2.24, 2.45) is 11.3 Å². The van der Waals surface area contributed by atoms with E-state index < -0.39 is 0 Å². The van der Waals surface area contributed by atoms with E-state index in [-0.39, 0.29) is 0 Å². The number of nitrogens with one attached hydrogen (secondary N) is 1. The summed E-state index contributed by atoms with van der Waals surface area (Å²) in [6.07, 6.45) is 7.26. The lowest BCUT2D eigenvalue weighted by Crippen LogP contribution is -2.62. The Morgan fingerprint density at radius 2 is 1.74 bits per heavy atom. The van der Waals surface area contributed by atoms with Gasteiger partial charge in [-0.15, -0.1) is 0 Å². The van der Waals surface area contributed by atoms with Gasteiger partial charge in [0.2, 0.25) is 0 Å². The molecule has 1 saturated heterocycles. The van der Waals surface area contributed by atoms with Crippen molar-refractivity contribution in [1.82, 2.24) is 10.2 Å². The molecule has 3 unspecified atom stereocenters. The quantitative estimate of drug-likeness (QED) is 0.820. The van der Waals surface area contributed by atoms with Gasteiger partial charge in [-0.05, 0) is 38.0 Å². The molecule has 0 radical (unpaired) electrons.